The molecule has 0 unspecified atom stereocenters. The molecule has 0 fully saturated rings. The van der Waals surface area contributed by atoms with Gasteiger partial charge in [-0.15, -0.1) is 11.3 Å². The van der Waals surface area contributed by atoms with Crippen molar-refractivity contribution in [3.8, 4) is 10.4 Å². The summed E-state index contributed by atoms with van der Waals surface area (Å²) in [5, 5.41) is 0. The van der Waals surface area contributed by atoms with Crippen LogP contribution < -0.4 is 5.73 Å². The first-order valence-electron chi connectivity index (χ1n) is 5.16. The Morgan fingerprint density at radius 1 is 1.13 bits per heavy atom. The smallest absolute Gasteiger partial charge is 0.0348 e. The molecule has 0 radical (unpaired) electrons. The SMILES string of the molecule is Cc1ccccc1-c1ccc(CCN)s1. The van der Waals surface area contributed by atoms with E-state index in [2.05, 4.69) is 43.3 Å². The summed E-state index contributed by atoms with van der Waals surface area (Å²) in [5.74, 6) is 0. The second kappa shape index (κ2) is 4.60. The van der Waals surface area contributed by atoms with Crippen LogP contribution in [-0.4, -0.2) is 6.54 Å². The molecular formula is C13H15NS. The standard InChI is InChI=1S/C13H15NS/c1-10-4-2-3-5-12(10)13-7-6-11(15-13)8-9-14/h2-7H,8-9,14H2,1H3. The average molecular weight is 217 g/mol. The van der Waals surface area contributed by atoms with Gasteiger partial charge in [0, 0.05) is 9.75 Å². The third kappa shape index (κ3) is 2.28. The molecule has 1 aromatic heterocycles. The molecule has 0 saturated carbocycles. The molecule has 0 amide bonds. The van der Waals surface area contributed by atoms with Crippen LogP contribution in [0.2, 0.25) is 0 Å². The van der Waals surface area contributed by atoms with Gasteiger partial charge in [0.2, 0.25) is 0 Å². The van der Waals surface area contributed by atoms with Crippen LogP contribution in [0.4, 0.5) is 0 Å². The van der Waals surface area contributed by atoms with Gasteiger partial charge in [-0.3, -0.25) is 0 Å². The first kappa shape index (κ1) is 10.4. The minimum absolute atomic E-state index is 0.730. The van der Waals surface area contributed by atoms with Crippen LogP contribution in [-0.2, 0) is 6.42 Å². The highest BCUT2D eigenvalue weighted by molar-refractivity contribution is 7.15. The Bertz CT molecular complexity index is 445. The van der Waals surface area contributed by atoms with Crippen LogP contribution in [0, 0.1) is 6.92 Å². The lowest BCUT2D eigenvalue weighted by Gasteiger charge is -2.01. The summed E-state index contributed by atoms with van der Waals surface area (Å²) >= 11 is 1.84. The Morgan fingerprint density at radius 3 is 2.67 bits per heavy atom. The predicted octanol–water partition coefficient (Wildman–Crippen LogP) is 3.22. The molecule has 2 heteroatoms. The number of rotatable bonds is 3. The van der Waals surface area contributed by atoms with E-state index in [0.29, 0.717) is 0 Å². The summed E-state index contributed by atoms with van der Waals surface area (Å²) in [7, 11) is 0. The fourth-order valence-corrected chi connectivity index (χ4v) is 2.76. The first-order valence-corrected chi connectivity index (χ1v) is 5.97. The number of thiophene rings is 1. The topological polar surface area (TPSA) is 26.0 Å². The van der Waals surface area contributed by atoms with Crippen molar-refractivity contribution in [2.75, 3.05) is 6.54 Å². The molecule has 0 atom stereocenters. The zero-order chi connectivity index (χ0) is 10.7. The largest absolute Gasteiger partial charge is 0.330 e. The van der Waals surface area contributed by atoms with Gasteiger partial charge in [-0.1, -0.05) is 24.3 Å². The molecule has 1 nitrogen and oxygen atoms in total. The Balaban J connectivity index is 2.33. The predicted molar refractivity (Wildman–Crippen MR) is 67.3 cm³/mol. The zero-order valence-electron chi connectivity index (χ0n) is 8.86. The summed E-state index contributed by atoms with van der Waals surface area (Å²) in [6.07, 6.45) is 0.983. The van der Waals surface area contributed by atoms with Gasteiger partial charge in [0.25, 0.3) is 0 Å². The van der Waals surface area contributed by atoms with Gasteiger partial charge < -0.3 is 5.73 Å². The van der Waals surface area contributed by atoms with Gasteiger partial charge in [0.15, 0.2) is 0 Å². The maximum Gasteiger partial charge on any atom is 0.0348 e. The lowest BCUT2D eigenvalue weighted by atomic mass is 10.1. The Labute approximate surface area is 94.6 Å². The van der Waals surface area contributed by atoms with Gasteiger partial charge >= 0.3 is 0 Å². The van der Waals surface area contributed by atoms with Crippen LogP contribution in [0.25, 0.3) is 10.4 Å². The highest BCUT2D eigenvalue weighted by Gasteiger charge is 2.04. The van der Waals surface area contributed by atoms with Gasteiger partial charge in [0.1, 0.15) is 0 Å². The number of hydrogen-bond acceptors (Lipinski definition) is 2. The molecule has 0 aliphatic heterocycles. The molecule has 2 aromatic rings. The fraction of sp³-hybridized carbons (Fsp3) is 0.231. The minimum atomic E-state index is 0.730. The molecule has 0 aliphatic carbocycles. The molecule has 2 N–H and O–H groups in total. The third-order valence-corrected chi connectivity index (χ3v) is 3.64. The van der Waals surface area contributed by atoms with Gasteiger partial charge in [-0.25, -0.2) is 0 Å². The molecule has 0 saturated heterocycles. The molecule has 0 aliphatic rings. The molecule has 78 valence electrons. The lowest BCUT2D eigenvalue weighted by Crippen LogP contribution is -2.00. The average Bonchev–Trinajstić information content (AvgIpc) is 2.68. The maximum atomic E-state index is 5.55. The Kier molecular flexibility index (Phi) is 3.19. The molecule has 1 aromatic carbocycles. The van der Waals surface area contributed by atoms with Crippen molar-refractivity contribution >= 4 is 11.3 Å². The van der Waals surface area contributed by atoms with E-state index in [-0.39, 0.29) is 0 Å². The monoisotopic (exact) mass is 217 g/mol. The second-order valence-corrected chi connectivity index (χ2v) is 4.79. The van der Waals surface area contributed by atoms with Crippen molar-refractivity contribution in [1.82, 2.24) is 0 Å². The van der Waals surface area contributed by atoms with Crippen LogP contribution in [0.3, 0.4) is 0 Å². The van der Waals surface area contributed by atoms with E-state index in [1.165, 1.54) is 20.9 Å². The van der Waals surface area contributed by atoms with E-state index >= 15 is 0 Å². The van der Waals surface area contributed by atoms with Crippen LogP contribution in [0.5, 0.6) is 0 Å². The summed E-state index contributed by atoms with van der Waals surface area (Å²) in [6, 6.07) is 12.9. The van der Waals surface area contributed by atoms with E-state index < -0.39 is 0 Å². The number of benzene rings is 1. The van der Waals surface area contributed by atoms with Gasteiger partial charge in [0.05, 0.1) is 0 Å². The maximum absolute atomic E-state index is 5.55. The highest BCUT2D eigenvalue weighted by Crippen LogP contribution is 2.30. The Morgan fingerprint density at radius 2 is 1.93 bits per heavy atom. The second-order valence-electron chi connectivity index (χ2n) is 3.62. The summed E-state index contributed by atoms with van der Waals surface area (Å²) in [6.45, 7) is 2.88. The van der Waals surface area contributed by atoms with Gasteiger partial charge in [-0.05, 0) is 43.1 Å². The third-order valence-electron chi connectivity index (χ3n) is 2.46. The summed E-state index contributed by atoms with van der Waals surface area (Å²) < 4.78 is 0. The van der Waals surface area contributed by atoms with E-state index in [1.807, 2.05) is 11.3 Å². The minimum Gasteiger partial charge on any atom is -0.330 e. The molecule has 0 bridgehead atoms. The van der Waals surface area contributed by atoms with Crippen molar-refractivity contribution in [3.05, 3.63) is 46.8 Å². The normalized spacial score (nSPS) is 10.5. The van der Waals surface area contributed by atoms with Crippen molar-refractivity contribution < 1.29 is 0 Å². The van der Waals surface area contributed by atoms with Crippen molar-refractivity contribution in [3.63, 3.8) is 0 Å². The van der Waals surface area contributed by atoms with E-state index in [0.717, 1.165) is 13.0 Å². The number of hydrogen-bond donors (Lipinski definition) is 1. The quantitative estimate of drug-likeness (QED) is 0.839. The zero-order valence-corrected chi connectivity index (χ0v) is 9.68. The van der Waals surface area contributed by atoms with Crippen LogP contribution in [0.15, 0.2) is 36.4 Å². The summed E-state index contributed by atoms with van der Waals surface area (Å²) in [5.41, 5.74) is 8.22. The van der Waals surface area contributed by atoms with E-state index in [1.54, 1.807) is 0 Å². The lowest BCUT2D eigenvalue weighted by molar-refractivity contribution is 0.989. The van der Waals surface area contributed by atoms with Gasteiger partial charge in [-0.2, -0.15) is 0 Å². The molecule has 15 heavy (non-hydrogen) atoms. The number of aryl methyl sites for hydroxylation is 1. The number of nitrogens with two attached hydrogens (primary N) is 1. The van der Waals surface area contributed by atoms with Crippen molar-refractivity contribution in [1.29, 1.82) is 0 Å². The fourth-order valence-electron chi connectivity index (χ4n) is 1.65. The first-order chi connectivity index (χ1) is 7.31. The molecule has 2 rings (SSSR count). The van der Waals surface area contributed by atoms with Crippen LogP contribution in [0.1, 0.15) is 10.4 Å². The summed E-state index contributed by atoms with van der Waals surface area (Å²) in [4.78, 5) is 2.72. The molecular weight excluding hydrogens is 202 g/mol. The van der Waals surface area contributed by atoms with E-state index in [9.17, 15) is 0 Å². The Hall–Kier alpha value is -1.12. The van der Waals surface area contributed by atoms with Crippen molar-refractivity contribution in [2.45, 2.75) is 13.3 Å². The van der Waals surface area contributed by atoms with Crippen molar-refractivity contribution in [2.24, 2.45) is 5.73 Å². The van der Waals surface area contributed by atoms with E-state index in [4.69, 9.17) is 5.73 Å². The molecule has 0 spiro atoms. The highest BCUT2D eigenvalue weighted by atomic mass is 32.1. The van der Waals surface area contributed by atoms with Crippen LogP contribution >= 0.6 is 11.3 Å². The molecule has 1 heterocycles.